The minimum absolute atomic E-state index is 0.0566. The molecule has 0 aliphatic carbocycles. The third-order valence-corrected chi connectivity index (χ3v) is 5.79. The van der Waals surface area contributed by atoms with E-state index in [1.54, 1.807) is 4.68 Å². The second-order valence-corrected chi connectivity index (χ2v) is 8.35. The van der Waals surface area contributed by atoms with E-state index in [4.69, 9.17) is 16.6 Å². The molecule has 0 atom stereocenters. The SMILES string of the molecule is Cc1nn(C)c2nc(C(C)C)cc(C(=O)N3CCN(c4cccc(Cl)c4)CC3)c12. The third-order valence-electron chi connectivity index (χ3n) is 5.55. The minimum Gasteiger partial charge on any atom is -0.368 e. The van der Waals surface area contributed by atoms with Crippen LogP contribution >= 0.6 is 11.6 Å². The number of halogens is 1. The molecule has 4 rings (SSSR count). The summed E-state index contributed by atoms with van der Waals surface area (Å²) in [6.45, 7) is 9.03. The predicted octanol–water partition coefficient (Wildman–Crippen LogP) is 4.02. The summed E-state index contributed by atoms with van der Waals surface area (Å²) in [4.78, 5) is 22.4. The molecule has 6 nitrogen and oxygen atoms in total. The number of hydrogen-bond acceptors (Lipinski definition) is 4. The van der Waals surface area contributed by atoms with E-state index in [2.05, 4.69) is 29.9 Å². The van der Waals surface area contributed by atoms with Crippen LogP contribution in [0.15, 0.2) is 30.3 Å². The topological polar surface area (TPSA) is 54.3 Å². The number of benzene rings is 1. The highest BCUT2D eigenvalue weighted by atomic mass is 35.5. The number of aryl methyl sites for hydroxylation is 2. The highest BCUT2D eigenvalue weighted by molar-refractivity contribution is 6.30. The number of anilines is 1. The summed E-state index contributed by atoms with van der Waals surface area (Å²) in [6.07, 6.45) is 0. The van der Waals surface area contributed by atoms with Crippen LogP contribution in [-0.4, -0.2) is 51.8 Å². The van der Waals surface area contributed by atoms with Crippen molar-refractivity contribution in [2.24, 2.45) is 7.05 Å². The summed E-state index contributed by atoms with van der Waals surface area (Å²) >= 11 is 6.13. The molecule has 29 heavy (non-hydrogen) atoms. The number of rotatable bonds is 3. The maximum absolute atomic E-state index is 13.5. The number of piperazine rings is 1. The molecule has 1 aliphatic rings. The monoisotopic (exact) mass is 411 g/mol. The Kier molecular flexibility index (Phi) is 5.21. The minimum atomic E-state index is 0.0566. The molecule has 2 aromatic heterocycles. The maximum atomic E-state index is 13.5. The quantitative estimate of drug-likeness (QED) is 0.653. The van der Waals surface area contributed by atoms with Crippen LogP contribution in [0.25, 0.3) is 11.0 Å². The highest BCUT2D eigenvalue weighted by Crippen LogP contribution is 2.27. The van der Waals surface area contributed by atoms with Gasteiger partial charge < -0.3 is 9.80 Å². The summed E-state index contributed by atoms with van der Waals surface area (Å²) in [5.41, 5.74) is 4.34. The number of pyridine rings is 1. The molecule has 1 amide bonds. The predicted molar refractivity (Wildman–Crippen MR) is 117 cm³/mol. The van der Waals surface area contributed by atoms with Crippen LogP contribution in [0.1, 0.15) is 41.5 Å². The molecule has 0 radical (unpaired) electrons. The Labute approximate surface area is 176 Å². The van der Waals surface area contributed by atoms with Gasteiger partial charge in [0, 0.05) is 49.6 Å². The molecule has 0 N–H and O–H groups in total. The second-order valence-electron chi connectivity index (χ2n) is 7.92. The number of nitrogens with zero attached hydrogens (tertiary/aromatic N) is 5. The van der Waals surface area contributed by atoms with Crippen molar-refractivity contribution in [3.8, 4) is 0 Å². The third kappa shape index (κ3) is 3.69. The zero-order chi connectivity index (χ0) is 20.7. The fourth-order valence-electron chi connectivity index (χ4n) is 3.94. The van der Waals surface area contributed by atoms with Crippen molar-refractivity contribution in [1.82, 2.24) is 19.7 Å². The van der Waals surface area contributed by atoms with E-state index < -0.39 is 0 Å². The Morgan fingerprint density at radius 2 is 1.86 bits per heavy atom. The van der Waals surface area contributed by atoms with Gasteiger partial charge in [0.2, 0.25) is 0 Å². The first-order chi connectivity index (χ1) is 13.8. The van der Waals surface area contributed by atoms with Crippen LogP contribution in [0, 0.1) is 6.92 Å². The van der Waals surface area contributed by atoms with Gasteiger partial charge in [-0.2, -0.15) is 5.10 Å². The lowest BCUT2D eigenvalue weighted by molar-refractivity contribution is 0.0748. The van der Waals surface area contributed by atoms with E-state index >= 15 is 0 Å². The van der Waals surface area contributed by atoms with Crippen molar-refractivity contribution < 1.29 is 4.79 Å². The average molecular weight is 412 g/mol. The van der Waals surface area contributed by atoms with Gasteiger partial charge in [0.05, 0.1) is 16.6 Å². The van der Waals surface area contributed by atoms with Gasteiger partial charge in [0.15, 0.2) is 5.65 Å². The van der Waals surface area contributed by atoms with Crippen LogP contribution < -0.4 is 4.90 Å². The molecule has 3 aromatic rings. The molecule has 1 aromatic carbocycles. The summed E-state index contributed by atoms with van der Waals surface area (Å²) in [5, 5.41) is 6.09. The average Bonchev–Trinajstić information content (AvgIpc) is 3.00. The molecule has 0 spiro atoms. The first-order valence-corrected chi connectivity index (χ1v) is 10.4. The van der Waals surface area contributed by atoms with Gasteiger partial charge in [-0.1, -0.05) is 31.5 Å². The van der Waals surface area contributed by atoms with E-state index in [0.29, 0.717) is 18.7 Å². The van der Waals surface area contributed by atoms with Crippen molar-refractivity contribution >= 4 is 34.2 Å². The molecule has 7 heteroatoms. The number of hydrogen-bond donors (Lipinski definition) is 0. The van der Waals surface area contributed by atoms with Crippen LogP contribution in [-0.2, 0) is 7.05 Å². The number of carbonyl (C=O) groups is 1. The summed E-state index contributed by atoms with van der Waals surface area (Å²) < 4.78 is 1.77. The summed E-state index contributed by atoms with van der Waals surface area (Å²) in [5.74, 6) is 0.293. The smallest absolute Gasteiger partial charge is 0.254 e. The number of fused-ring (bicyclic) bond motifs is 1. The van der Waals surface area contributed by atoms with Crippen molar-refractivity contribution in [2.45, 2.75) is 26.7 Å². The fourth-order valence-corrected chi connectivity index (χ4v) is 4.12. The van der Waals surface area contributed by atoms with Gasteiger partial charge in [-0.25, -0.2) is 4.98 Å². The second kappa shape index (κ2) is 7.67. The van der Waals surface area contributed by atoms with Crippen LogP contribution in [0.4, 0.5) is 5.69 Å². The Bertz CT molecular complexity index is 1070. The van der Waals surface area contributed by atoms with Crippen molar-refractivity contribution in [1.29, 1.82) is 0 Å². The Morgan fingerprint density at radius 1 is 1.14 bits per heavy atom. The van der Waals surface area contributed by atoms with Crippen LogP contribution in [0.2, 0.25) is 5.02 Å². The van der Waals surface area contributed by atoms with Crippen molar-refractivity contribution in [2.75, 3.05) is 31.1 Å². The van der Waals surface area contributed by atoms with E-state index in [-0.39, 0.29) is 11.8 Å². The number of aromatic nitrogens is 3. The number of amides is 1. The first-order valence-electron chi connectivity index (χ1n) is 9.99. The summed E-state index contributed by atoms with van der Waals surface area (Å²) in [7, 11) is 1.88. The lowest BCUT2D eigenvalue weighted by Crippen LogP contribution is -2.48. The molecule has 0 saturated carbocycles. The molecule has 3 heterocycles. The van der Waals surface area contributed by atoms with E-state index in [9.17, 15) is 4.79 Å². The highest BCUT2D eigenvalue weighted by Gasteiger charge is 2.26. The Morgan fingerprint density at radius 3 is 2.52 bits per heavy atom. The van der Waals surface area contributed by atoms with Crippen LogP contribution in [0.3, 0.4) is 0 Å². The maximum Gasteiger partial charge on any atom is 0.254 e. The molecule has 152 valence electrons. The lowest BCUT2D eigenvalue weighted by atomic mass is 10.0. The van der Waals surface area contributed by atoms with Gasteiger partial charge in [-0.15, -0.1) is 0 Å². The first kappa shape index (κ1) is 19.7. The largest absolute Gasteiger partial charge is 0.368 e. The Hall–Kier alpha value is -2.60. The summed E-state index contributed by atoms with van der Waals surface area (Å²) in [6, 6.07) is 9.82. The van der Waals surface area contributed by atoms with Gasteiger partial charge >= 0.3 is 0 Å². The van der Waals surface area contributed by atoms with Gasteiger partial charge in [0.1, 0.15) is 0 Å². The molecular formula is C22H26ClN5O. The molecule has 1 aliphatic heterocycles. The van der Waals surface area contributed by atoms with E-state index in [1.807, 2.05) is 43.1 Å². The number of carbonyl (C=O) groups excluding carboxylic acids is 1. The van der Waals surface area contributed by atoms with Gasteiger partial charge in [-0.05, 0) is 37.1 Å². The fraction of sp³-hybridized carbons (Fsp3) is 0.409. The molecule has 0 bridgehead atoms. The lowest BCUT2D eigenvalue weighted by Gasteiger charge is -2.36. The molecule has 1 saturated heterocycles. The normalized spacial score (nSPS) is 14.8. The zero-order valence-corrected chi connectivity index (χ0v) is 18.1. The van der Waals surface area contributed by atoms with E-state index in [1.165, 1.54) is 0 Å². The van der Waals surface area contributed by atoms with Crippen molar-refractivity contribution in [3.63, 3.8) is 0 Å². The van der Waals surface area contributed by atoms with Crippen LogP contribution in [0.5, 0.6) is 0 Å². The zero-order valence-electron chi connectivity index (χ0n) is 17.3. The molecule has 1 fully saturated rings. The van der Waals surface area contributed by atoms with Gasteiger partial charge in [-0.3, -0.25) is 9.48 Å². The standard InChI is InChI=1S/C22H26ClN5O/c1-14(2)19-13-18(20-15(3)25-26(4)21(20)24-19)22(29)28-10-8-27(9-11-28)17-7-5-6-16(23)12-17/h5-7,12-14H,8-11H2,1-4H3. The molecule has 0 unspecified atom stereocenters. The van der Waals surface area contributed by atoms with Crippen molar-refractivity contribution in [3.05, 3.63) is 52.3 Å². The Balaban J connectivity index is 1.61. The van der Waals surface area contributed by atoms with E-state index in [0.717, 1.165) is 46.2 Å². The molecular weight excluding hydrogens is 386 g/mol. The van der Waals surface area contributed by atoms with Gasteiger partial charge in [0.25, 0.3) is 5.91 Å².